The topological polar surface area (TPSA) is 122 Å². The average Bonchev–Trinajstić information content (AvgIpc) is 3.33. The number of rotatable bonds is 5. The molecule has 1 aliphatic heterocycles. The smallest absolute Gasteiger partial charge is 0.321 e. The molecule has 4 aromatic rings. The first-order valence-corrected chi connectivity index (χ1v) is 12.0. The Labute approximate surface area is 214 Å². The van der Waals surface area contributed by atoms with Gasteiger partial charge < -0.3 is 25.3 Å². The Hall–Kier alpha value is -4.51. The van der Waals surface area contributed by atoms with E-state index in [-0.39, 0.29) is 11.9 Å². The molecule has 1 aromatic carbocycles. The molecule has 37 heavy (non-hydrogen) atoms. The Morgan fingerprint density at radius 3 is 2.54 bits per heavy atom. The first kappa shape index (κ1) is 24.2. The van der Waals surface area contributed by atoms with E-state index >= 15 is 0 Å². The molecule has 11 nitrogen and oxygen atoms in total. The number of amides is 3. The largest absolute Gasteiger partial charge is 0.354 e. The van der Waals surface area contributed by atoms with E-state index in [1.807, 2.05) is 30.3 Å². The van der Waals surface area contributed by atoms with Crippen molar-refractivity contribution in [3.63, 3.8) is 0 Å². The minimum Gasteiger partial charge on any atom is -0.354 e. The van der Waals surface area contributed by atoms with Crippen LogP contribution in [0.4, 0.5) is 22.0 Å². The molecular formula is C26H29N9O2. The summed E-state index contributed by atoms with van der Waals surface area (Å²) >= 11 is 0. The maximum Gasteiger partial charge on any atom is 0.321 e. The zero-order valence-corrected chi connectivity index (χ0v) is 21.0. The van der Waals surface area contributed by atoms with E-state index in [2.05, 4.69) is 47.6 Å². The monoisotopic (exact) mass is 499 g/mol. The van der Waals surface area contributed by atoms with Gasteiger partial charge in [0.15, 0.2) is 5.69 Å². The van der Waals surface area contributed by atoms with Crippen molar-refractivity contribution in [2.45, 2.75) is 0 Å². The number of aromatic amines is 1. The molecule has 190 valence electrons. The van der Waals surface area contributed by atoms with Crippen LogP contribution in [0, 0.1) is 0 Å². The van der Waals surface area contributed by atoms with Crippen LogP contribution in [0.1, 0.15) is 10.5 Å². The average molecular weight is 500 g/mol. The van der Waals surface area contributed by atoms with Crippen LogP contribution in [0.2, 0.25) is 0 Å². The molecule has 0 radical (unpaired) electrons. The van der Waals surface area contributed by atoms with Gasteiger partial charge in [0.25, 0.3) is 5.91 Å². The SMILES string of the molecule is CN1CCN(c2cc(NC(=O)c3n[nH]c4ccc(-c5cncc(NC(=O)N(C)C)c5)cc34)ccn2)CC1. The number of benzene rings is 1. The van der Waals surface area contributed by atoms with Gasteiger partial charge in [-0.25, -0.2) is 9.78 Å². The number of urea groups is 1. The van der Waals surface area contributed by atoms with Crippen molar-refractivity contribution in [3.8, 4) is 11.1 Å². The summed E-state index contributed by atoms with van der Waals surface area (Å²) < 4.78 is 0. The fourth-order valence-corrected chi connectivity index (χ4v) is 4.16. The maximum absolute atomic E-state index is 13.2. The lowest BCUT2D eigenvalue weighted by Crippen LogP contribution is -2.44. The lowest BCUT2D eigenvalue weighted by molar-refractivity contribution is 0.102. The number of fused-ring (bicyclic) bond motifs is 1. The number of carbonyl (C=O) groups is 2. The molecule has 4 heterocycles. The number of hydrogen-bond acceptors (Lipinski definition) is 7. The first-order chi connectivity index (χ1) is 17.9. The molecule has 5 rings (SSSR count). The highest BCUT2D eigenvalue weighted by Gasteiger charge is 2.18. The molecule has 11 heteroatoms. The molecular weight excluding hydrogens is 470 g/mol. The number of piperazine rings is 1. The van der Waals surface area contributed by atoms with Crippen molar-refractivity contribution in [1.29, 1.82) is 0 Å². The zero-order chi connectivity index (χ0) is 25.9. The van der Waals surface area contributed by atoms with Crippen LogP contribution in [-0.4, -0.2) is 89.2 Å². The summed E-state index contributed by atoms with van der Waals surface area (Å²) in [5, 5.41) is 13.7. The van der Waals surface area contributed by atoms with E-state index in [4.69, 9.17) is 0 Å². The Bertz CT molecular complexity index is 1440. The lowest BCUT2D eigenvalue weighted by atomic mass is 10.0. The van der Waals surface area contributed by atoms with E-state index in [1.54, 1.807) is 38.8 Å². The summed E-state index contributed by atoms with van der Waals surface area (Å²) in [6, 6.07) is 10.9. The van der Waals surface area contributed by atoms with Crippen molar-refractivity contribution < 1.29 is 9.59 Å². The van der Waals surface area contributed by atoms with Gasteiger partial charge in [-0.05, 0) is 36.9 Å². The van der Waals surface area contributed by atoms with Crippen molar-refractivity contribution in [2.75, 3.05) is 62.9 Å². The molecule has 3 amide bonds. The summed E-state index contributed by atoms with van der Waals surface area (Å²) in [6.45, 7) is 3.73. The van der Waals surface area contributed by atoms with Crippen molar-refractivity contribution in [3.05, 3.63) is 60.7 Å². The van der Waals surface area contributed by atoms with Gasteiger partial charge in [0.1, 0.15) is 5.82 Å². The van der Waals surface area contributed by atoms with Gasteiger partial charge in [-0.3, -0.25) is 14.9 Å². The van der Waals surface area contributed by atoms with E-state index in [0.29, 0.717) is 22.5 Å². The molecule has 0 atom stereocenters. The van der Waals surface area contributed by atoms with Gasteiger partial charge in [-0.1, -0.05) is 6.07 Å². The van der Waals surface area contributed by atoms with Crippen LogP contribution >= 0.6 is 0 Å². The number of nitrogens with zero attached hydrogens (tertiary/aromatic N) is 6. The third-order valence-electron chi connectivity index (χ3n) is 6.34. The number of likely N-dealkylation sites (N-methyl/N-ethyl adjacent to an activating group) is 1. The summed E-state index contributed by atoms with van der Waals surface area (Å²) in [7, 11) is 5.45. The summed E-state index contributed by atoms with van der Waals surface area (Å²) in [5.41, 5.74) is 3.92. The van der Waals surface area contributed by atoms with Crippen molar-refractivity contribution in [2.24, 2.45) is 0 Å². The molecule has 1 saturated heterocycles. The fraction of sp³-hybridized carbons (Fsp3) is 0.269. The van der Waals surface area contributed by atoms with Crippen LogP contribution in [-0.2, 0) is 0 Å². The molecule has 1 fully saturated rings. The van der Waals surface area contributed by atoms with Crippen LogP contribution in [0.5, 0.6) is 0 Å². The summed E-state index contributed by atoms with van der Waals surface area (Å²) in [5.74, 6) is 0.526. The van der Waals surface area contributed by atoms with Crippen LogP contribution in [0.15, 0.2) is 55.0 Å². The third kappa shape index (κ3) is 5.36. The second kappa shape index (κ2) is 10.2. The fourth-order valence-electron chi connectivity index (χ4n) is 4.16. The minimum atomic E-state index is -0.316. The van der Waals surface area contributed by atoms with Crippen LogP contribution in [0.25, 0.3) is 22.0 Å². The molecule has 0 bridgehead atoms. The minimum absolute atomic E-state index is 0.241. The molecule has 3 N–H and O–H groups in total. The van der Waals surface area contributed by atoms with E-state index in [0.717, 1.165) is 48.6 Å². The molecule has 1 aliphatic rings. The first-order valence-electron chi connectivity index (χ1n) is 12.0. The quantitative estimate of drug-likeness (QED) is 0.386. The maximum atomic E-state index is 13.2. The Kier molecular flexibility index (Phi) is 6.69. The Morgan fingerprint density at radius 2 is 1.76 bits per heavy atom. The van der Waals surface area contributed by atoms with Gasteiger partial charge in [0, 0.05) is 75.4 Å². The van der Waals surface area contributed by atoms with Gasteiger partial charge in [0.05, 0.1) is 17.4 Å². The van der Waals surface area contributed by atoms with E-state index < -0.39 is 0 Å². The predicted molar refractivity (Wildman–Crippen MR) is 144 cm³/mol. The Morgan fingerprint density at radius 1 is 0.946 bits per heavy atom. The second-order valence-electron chi connectivity index (χ2n) is 9.27. The lowest BCUT2D eigenvalue weighted by Gasteiger charge is -2.33. The number of aromatic nitrogens is 4. The van der Waals surface area contributed by atoms with Gasteiger partial charge in [-0.15, -0.1) is 0 Å². The van der Waals surface area contributed by atoms with Gasteiger partial charge in [0.2, 0.25) is 0 Å². The van der Waals surface area contributed by atoms with Gasteiger partial charge in [-0.2, -0.15) is 5.10 Å². The van der Waals surface area contributed by atoms with E-state index in [9.17, 15) is 9.59 Å². The van der Waals surface area contributed by atoms with Crippen molar-refractivity contribution in [1.82, 2.24) is 30.0 Å². The number of anilines is 3. The molecule has 0 saturated carbocycles. The molecule has 0 aliphatic carbocycles. The van der Waals surface area contributed by atoms with Gasteiger partial charge >= 0.3 is 6.03 Å². The second-order valence-corrected chi connectivity index (χ2v) is 9.27. The Balaban J connectivity index is 1.37. The summed E-state index contributed by atoms with van der Waals surface area (Å²) in [4.78, 5) is 39.9. The number of H-pyrrole nitrogens is 1. The van der Waals surface area contributed by atoms with Crippen LogP contribution < -0.4 is 15.5 Å². The number of carbonyl (C=O) groups excluding carboxylic acids is 2. The highest BCUT2D eigenvalue weighted by molar-refractivity contribution is 6.11. The predicted octanol–water partition coefficient (Wildman–Crippen LogP) is 3.12. The van der Waals surface area contributed by atoms with Crippen LogP contribution in [0.3, 0.4) is 0 Å². The number of hydrogen-bond donors (Lipinski definition) is 3. The third-order valence-corrected chi connectivity index (χ3v) is 6.34. The highest BCUT2D eigenvalue weighted by Crippen LogP contribution is 2.27. The van der Waals surface area contributed by atoms with Crippen molar-refractivity contribution >= 4 is 40.0 Å². The standard InChI is InChI=1S/C26H29N9O2/c1-33(2)26(37)30-20-12-18(15-27-16-20)17-4-5-22-21(13-17)24(32-31-22)25(36)29-19-6-7-28-23(14-19)35-10-8-34(3)9-11-35/h4-7,12-16H,8-11H2,1-3H3,(H,30,37)(H,31,32)(H,28,29,36). The molecule has 3 aromatic heterocycles. The molecule has 0 spiro atoms. The normalized spacial score (nSPS) is 14.0. The highest BCUT2D eigenvalue weighted by atomic mass is 16.2. The summed E-state index contributed by atoms with van der Waals surface area (Å²) in [6.07, 6.45) is 5.01. The molecule has 0 unspecified atom stereocenters. The number of nitrogens with one attached hydrogen (secondary N) is 3. The number of pyridine rings is 2. The zero-order valence-electron chi connectivity index (χ0n) is 21.0. The van der Waals surface area contributed by atoms with E-state index in [1.165, 1.54) is 4.90 Å².